The van der Waals surface area contributed by atoms with Gasteiger partial charge < -0.3 is 23.8 Å². The Morgan fingerprint density at radius 2 is 1.55 bits per heavy atom. The van der Waals surface area contributed by atoms with Gasteiger partial charge in [0.05, 0.1) is 11.5 Å². The van der Waals surface area contributed by atoms with Crippen LogP contribution in [0, 0.1) is 0 Å². The van der Waals surface area contributed by atoms with E-state index in [4.69, 9.17) is 18.9 Å². The first-order valence-corrected chi connectivity index (χ1v) is 12.4. The van der Waals surface area contributed by atoms with Crippen molar-refractivity contribution in [1.82, 2.24) is 9.21 Å². The minimum Gasteiger partial charge on any atom is -0.494 e. The van der Waals surface area contributed by atoms with Crippen LogP contribution in [0.1, 0.15) is 13.3 Å². The summed E-state index contributed by atoms with van der Waals surface area (Å²) in [7, 11) is -3.69. The Labute approximate surface area is 193 Å². The van der Waals surface area contributed by atoms with E-state index in [0.717, 1.165) is 12.2 Å². The summed E-state index contributed by atoms with van der Waals surface area (Å²) in [4.78, 5) is 14.3. The number of fused-ring (bicyclic) bond motifs is 1. The maximum absolute atomic E-state index is 13.0. The van der Waals surface area contributed by atoms with E-state index < -0.39 is 10.0 Å². The number of amides is 1. The number of hydrogen-bond donors (Lipinski definition) is 0. The van der Waals surface area contributed by atoms with Crippen molar-refractivity contribution in [2.45, 2.75) is 18.2 Å². The van der Waals surface area contributed by atoms with Crippen molar-refractivity contribution in [2.75, 3.05) is 52.6 Å². The average molecular weight is 477 g/mol. The fourth-order valence-corrected chi connectivity index (χ4v) is 5.04. The van der Waals surface area contributed by atoms with Crippen LogP contribution in [0.25, 0.3) is 0 Å². The van der Waals surface area contributed by atoms with Gasteiger partial charge in [-0.25, -0.2) is 8.42 Å². The van der Waals surface area contributed by atoms with Crippen LogP contribution in [0.3, 0.4) is 0 Å². The second-order valence-electron chi connectivity index (χ2n) is 7.70. The number of carbonyl (C=O) groups is 1. The molecule has 0 atom stereocenters. The van der Waals surface area contributed by atoms with Gasteiger partial charge in [-0.05, 0) is 42.8 Å². The molecule has 0 saturated carbocycles. The highest BCUT2D eigenvalue weighted by Crippen LogP contribution is 2.33. The molecule has 4 rings (SSSR count). The molecule has 0 spiro atoms. The van der Waals surface area contributed by atoms with E-state index in [-0.39, 0.29) is 30.5 Å². The van der Waals surface area contributed by atoms with Crippen molar-refractivity contribution < 1.29 is 32.2 Å². The monoisotopic (exact) mass is 476 g/mol. The number of benzene rings is 2. The van der Waals surface area contributed by atoms with E-state index in [1.807, 2.05) is 6.92 Å². The number of carbonyl (C=O) groups excluding carboxylic acids is 1. The number of ether oxygens (including phenoxy) is 4. The lowest BCUT2D eigenvalue weighted by atomic mass is 10.3. The zero-order chi connectivity index (χ0) is 23.3. The van der Waals surface area contributed by atoms with Crippen molar-refractivity contribution in [1.29, 1.82) is 0 Å². The number of hydrogen-bond acceptors (Lipinski definition) is 7. The van der Waals surface area contributed by atoms with Gasteiger partial charge in [0.2, 0.25) is 10.0 Å². The first kappa shape index (κ1) is 23.2. The molecule has 1 amide bonds. The van der Waals surface area contributed by atoms with Crippen molar-refractivity contribution in [3.63, 3.8) is 0 Å². The first-order chi connectivity index (χ1) is 16.0. The van der Waals surface area contributed by atoms with Crippen LogP contribution in [0.15, 0.2) is 47.4 Å². The fraction of sp³-hybridized carbons (Fsp3) is 0.435. The lowest BCUT2D eigenvalue weighted by Crippen LogP contribution is -2.51. The molecular weight excluding hydrogens is 448 g/mol. The van der Waals surface area contributed by atoms with E-state index in [0.29, 0.717) is 50.2 Å². The highest BCUT2D eigenvalue weighted by molar-refractivity contribution is 7.89. The lowest BCUT2D eigenvalue weighted by Gasteiger charge is -2.34. The largest absolute Gasteiger partial charge is 0.494 e. The van der Waals surface area contributed by atoms with Crippen LogP contribution < -0.4 is 18.9 Å². The van der Waals surface area contributed by atoms with E-state index in [1.54, 1.807) is 35.2 Å². The summed E-state index contributed by atoms with van der Waals surface area (Å²) in [5.41, 5.74) is 0. The van der Waals surface area contributed by atoms with E-state index >= 15 is 0 Å². The lowest BCUT2D eigenvalue weighted by molar-refractivity contribution is -0.134. The number of nitrogens with zero attached hydrogens (tertiary/aromatic N) is 2. The smallest absolute Gasteiger partial charge is 0.260 e. The molecule has 0 aliphatic carbocycles. The zero-order valence-corrected chi connectivity index (χ0v) is 19.4. The number of sulfonamides is 1. The van der Waals surface area contributed by atoms with Gasteiger partial charge in [0.1, 0.15) is 24.7 Å². The molecule has 2 aromatic carbocycles. The van der Waals surface area contributed by atoms with Gasteiger partial charge in [-0.2, -0.15) is 4.31 Å². The van der Waals surface area contributed by atoms with Gasteiger partial charge in [0, 0.05) is 32.2 Å². The molecule has 1 saturated heterocycles. The summed E-state index contributed by atoms with van der Waals surface area (Å²) in [5.74, 6) is 2.12. The Hall–Kier alpha value is -2.98. The summed E-state index contributed by atoms with van der Waals surface area (Å²) in [6.45, 7) is 4.44. The predicted octanol–water partition coefficient (Wildman–Crippen LogP) is 2.16. The van der Waals surface area contributed by atoms with Crippen LogP contribution >= 0.6 is 0 Å². The second-order valence-corrected chi connectivity index (χ2v) is 9.64. The summed E-state index contributed by atoms with van der Waals surface area (Å²) >= 11 is 0. The Morgan fingerprint density at radius 1 is 0.909 bits per heavy atom. The highest BCUT2D eigenvalue weighted by Gasteiger charge is 2.31. The van der Waals surface area contributed by atoms with Crippen molar-refractivity contribution in [2.24, 2.45) is 0 Å². The van der Waals surface area contributed by atoms with Gasteiger partial charge in [-0.3, -0.25) is 4.79 Å². The van der Waals surface area contributed by atoms with Crippen LogP contribution in [-0.2, 0) is 14.8 Å². The molecule has 1 fully saturated rings. The molecule has 33 heavy (non-hydrogen) atoms. The van der Waals surface area contributed by atoms with Crippen molar-refractivity contribution in [3.8, 4) is 23.0 Å². The Morgan fingerprint density at radius 3 is 2.21 bits per heavy atom. The maximum atomic E-state index is 13.0. The summed E-state index contributed by atoms with van der Waals surface area (Å²) in [6, 6.07) is 11.8. The van der Waals surface area contributed by atoms with Gasteiger partial charge in [-0.1, -0.05) is 6.92 Å². The quantitative estimate of drug-likeness (QED) is 0.576. The second kappa shape index (κ2) is 10.3. The third kappa shape index (κ3) is 5.51. The zero-order valence-electron chi connectivity index (χ0n) is 18.6. The Bertz CT molecular complexity index is 1060. The molecule has 0 unspecified atom stereocenters. The first-order valence-electron chi connectivity index (χ1n) is 11.0. The average Bonchev–Trinajstić information content (AvgIpc) is 2.86. The molecule has 9 nitrogen and oxygen atoms in total. The molecule has 10 heteroatoms. The molecule has 0 aromatic heterocycles. The summed E-state index contributed by atoms with van der Waals surface area (Å²) < 4.78 is 49.6. The normalized spacial score (nSPS) is 16.3. The molecular formula is C23H28N2O7S. The van der Waals surface area contributed by atoms with Gasteiger partial charge in [0.15, 0.2) is 18.1 Å². The fourth-order valence-electron chi connectivity index (χ4n) is 3.60. The van der Waals surface area contributed by atoms with Gasteiger partial charge >= 0.3 is 0 Å². The van der Waals surface area contributed by atoms with Crippen LogP contribution in [-0.4, -0.2) is 76.1 Å². The van der Waals surface area contributed by atoms with E-state index in [2.05, 4.69) is 0 Å². The van der Waals surface area contributed by atoms with Gasteiger partial charge in [0.25, 0.3) is 5.91 Å². The molecule has 2 heterocycles. The maximum Gasteiger partial charge on any atom is 0.260 e. The predicted molar refractivity (Wildman–Crippen MR) is 120 cm³/mol. The minimum atomic E-state index is -3.69. The highest BCUT2D eigenvalue weighted by atomic mass is 32.2. The topological polar surface area (TPSA) is 94.6 Å². The standard InChI is InChI=1S/C23H28N2O7S/c1-2-13-29-18-3-5-19(6-4-18)32-17-23(26)24-9-11-25(12-10-24)33(27,28)20-7-8-21-22(16-20)31-15-14-30-21/h3-8,16H,2,9-15,17H2,1H3. The molecule has 0 N–H and O–H groups in total. The molecule has 0 bridgehead atoms. The van der Waals surface area contributed by atoms with Crippen LogP contribution in [0.5, 0.6) is 23.0 Å². The molecule has 2 aliphatic heterocycles. The molecule has 2 aliphatic rings. The Balaban J connectivity index is 1.28. The summed E-state index contributed by atoms with van der Waals surface area (Å²) in [5, 5.41) is 0. The van der Waals surface area contributed by atoms with E-state index in [9.17, 15) is 13.2 Å². The Kier molecular flexibility index (Phi) is 7.24. The van der Waals surface area contributed by atoms with E-state index in [1.165, 1.54) is 16.4 Å². The molecule has 0 radical (unpaired) electrons. The third-order valence-electron chi connectivity index (χ3n) is 5.40. The van der Waals surface area contributed by atoms with Crippen LogP contribution in [0.2, 0.25) is 0 Å². The minimum absolute atomic E-state index is 0.107. The summed E-state index contributed by atoms with van der Waals surface area (Å²) in [6.07, 6.45) is 0.929. The van der Waals surface area contributed by atoms with Crippen molar-refractivity contribution >= 4 is 15.9 Å². The van der Waals surface area contributed by atoms with Crippen molar-refractivity contribution in [3.05, 3.63) is 42.5 Å². The number of piperazine rings is 1. The third-order valence-corrected chi connectivity index (χ3v) is 7.30. The molecule has 178 valence electrons. The molecule has 2 aromatic rings. The van der Waals surface area contributed by atoms with Crippen LogP contribution in [0.4, 0.5) is 0 Å². The van der Waals surface area contributed by atoms with Gasteiger partial charge in [-0.15, -0.1) is 0 Å². The SMILES string of the molecule is CCCOc1ccc(OCC(=O)N2CCN(S(=O)(=O)c3ccc4c(c3)OCCO4)CC2)cc1. The number of rotatable bonds is 8.